The molecule has 20 heavy (non-hydrogen) atoms. The van der Waals surface area contributed by atoms with E-state index in [0.29, 0.717) is 29.8 Å². The lowest BCUT2D eigenvalue weighted by Crippen LogP contribution is -2.26. The average molecular weight is 296 g/mol. The van der Waals surface area contributed by atoms with E-state index in [2.05, 4.69) is 17.0 Å². The van der Waals surface area contributed by atoms with E-state index in [4.69, 9.17) is 0 Å². The summed E-state index contributed by atoms with van der Waals surface area (Å²) in [6.07, 6.45) is 1.13. The second kappa shape index (κ2) is 6.24. The third-order valence-electron chi connectivity index (χ3n) is 4.01. The van der Waals surface area contributed by atoms with Gasteiger partial charge in [0.2, 0.25) is 10.0 Å². The predicted octanol–water partition coefficient (Wildman–Crippen LogP) is 2.04. The van der Waals surface area contributed by atoms with Crippen molar-refractivity contribution in [1.29, 1.82) is 0 Å². The Labute approximate surface area is 122 Å². The van der Waals surface area contributed by atoms with Crippen molar-refractivity contribution in [3.8, 4) is 0 Å². The van der Waals surface area contributed by atoms with E-state index in [1.54, 1.807) is 12.1 Å². The topological polar surface area (TPSA) is 58.2 Å². The molecule has 1 aromatic carbocycles. The highest BCUT2D eigenvalue weighted by molar-refractivity contribution is 7.89. The van der Waals surface area contributed by atoms with Crippen LogP contribution in [0, 0.1) is 18.8 Å². The van der Waals surface area contributed by atoms with Crippen LogP contribution in [-0.4, -0.2) is 21.5 Å². The van der Waals surface area contributed by atoms with Crippen LogP contribution in [0.5, 0.6) is 0 Å². The molecule has 4 nitrogen and oxygen atoms in total. The van der Waals surface area contributed by atoms with E-state index in [9.17, 15) is 8.42 Å². The minimum Gasteiger partial charge on any atom is -0.313 e. The highest BCUT2D eigenvalue weighted by Crippen LogP contribution is 2.37. The zero-order valence-corrected chi connectivity index (χ0v) is 13.3. The first-order chi connectivity index (χ1) is 9.44. The van der Waals surface area contributed by atoms with Gasteiger partial charge in [0.15, 0.2) is 0 Å². The molecule has 0 aliphatic heterocycles. The van der Waals surface area contributed by atoms with E-state index >= 15 is 0 Å². The zero-order chi connectivity index (χ0) is 14.8. The lowest BCUT2D eigenvalue weighted by Gasteiger charge is -2.11. The van der Waals surface area contributed by atoms with Crippen LogP contribution in [0.4, 0.5) is 0 Å². The van der Waals surface area contributed by atoms with E-state index < -0.39 is 10.0 Å². The summed E-state index contributed by atoms with van der Waals surface area (Å²) in [4.78, 5) is 0.365. The van der Waals surface area contributed by atoms with Gasteiger partial charge in [-0.1, -0.05) is 19.9 Å². The molecule has 2 rings (SSSR count). The van der Waals surface area contributed by atoms with Crippen LogP contribution in [0.3, 0.4) is 0 Å². The van der Waals surface area contributed by atoms with Crippen molar-refractivity contribution in [1.82, 2.24) is 10.0 Å². The van der Waals surface area contributed by atoms with Crippen LogP contribution in [0.1, 0.15) is 31.4 Å². The molecule has 0 bridgehead atoms. The van der Waals surface area contributed by atoms with Gasteiger partial charge in [-0.25, -0.2) is 13.1 Å². The second-order valence-corrected chi connectivity index (χ2v) is 7.46. The fraction of sp³-hybridized carbons (Fsp3) is 0.600. The maximum atomic E-state index is 12.3. The first-order valence-electron chi connectivity index (χ1n) is 7.24. The zero-order valence-electron chi connectivity index (χ0n) is 12.4. The molecule has 1 fully saturated rings. The summed E-state index contributed by atoms with van der Waals surface area (Å²) in [6, 6.07) is 5.33. The lowest BCUT2D eigenvalue weighted by molar-refractivity contribution is 0.574. The van der Waals surface area contributed by atoms with Crippen LogP contribution < -0.4 is 10.0 Å². The van der Waals surface area contributed by atoms with Gasteiger partial charge >= 0.3 is 0 Å². The number of hydrogen-bond donors (Lipinski definition) is 2. The Kier molecular flexibility index (Phi) is 4.83. The summed E-state index contributed by atoms with van der Waals surface area (Å²) in [6.45, 7) is 8.32. The Hall–Kier alpha value is -0.910. The van der Waals surface area contributed by atoms with Crippen molar-refractivity contribution in [2.75, 3.05) is 13.1 Å². The summed E-state index contributed by atoms with van der Waals surface area (Å²) in [5, 5.41) is 3.23. The molecule has 0 heterocycles. The van der Waals surface area contributed by atoms with E-state index in [1.807, 2.05) is 19.9 Å². The average Bonchev–Trinajstić information content (AvgIpc) is 3.11. The van der Waals surface area contributed by atoms with Gasteiger partial charge in [0.05, 0.1) is 4.90 Å². The summed E-state index contributed by atoms with van der Waals surface area (Å²) >= 11 is 0. The Balaban J connectivity index is 2.09. The second-order valence-electron chi connectivity index (χ2n) is 5.69. The summed E-state index contributed by atoms with van der Waals surface area (Å²) < 4.78 is 27.3. The normalized spacial score (nSPS) is 21.9. The SMILES string of the molecule is CCNCc1cc(S(=O)(=O)NCC2CC2C)ccc1C. The number of hydrogen-bond acceptors (Lipinski definition) is 3. The Morgan fingerprint density at radius 3 is 2.65 bits per heavy atom. The van der Waals surface area contributed by atoms with Crippen LogP contribution in [0.2, 0.25) is 0 Å². The number of sulfonamides is 1. The van der Waals surface area contributed by atoms with Gasteiger partial charge in [-0.15, -0.1) is 0 Å². The number of benzene rings is 1. The van der Waals surface area contributed by atoms with Crippen molar-refractivity contribution < 1.29 is 8.42 Å². The molecule has 2 unspecified atom stereocenters. The summed E-state index contributed by atoms with van der Waals surface area (Å²) in [5.74, 6) is 1.16. The van der Waals surface area contributed by atoms with E-state index in [0.717, 1.165) is 24.1 Å². The van der Waals surface area contributed by atoms with Gasteiger partial charge in [0, 0.05) is 13.1 Å². The standard InChI is InChI=1S/C15H24N2O2S/c1-4-16-9-14-8-15(6-5-11(14)2)20(18,19)17-10-13-7-12(13)3/h5-6,8,12-13,16-17H,4,7,9-10H2,1-3H3. The summed E-state index contributed by atoms with van der Waals surface area (Å²) in [7, 11) is -3.38. The molecule has 0 saturated heterocycles. The molecule has 5 heteroatoms. The van der Waals surface area contributed by atoms with Gasteiger partial charge in [-0.3, -0.25) is 0 Å². The molecule has 1 aliphatic rings. The first kappa shape index (κ1) is 15.5. The molecular weight excluding hydrogens is 272 g/mol. The van der Waals surface area contributed by atoms with Crippen molar-refractivity contribution in [3.63, 3.8) is 0 Å². The third kappa shape index (κ3) is 3.81. The molecule has 0 amide bonds. The molecule has 1 aromatic rings. The van der Waals surface area contributed by atoms with Gasteiger partial charge in [-0.2, -0.15) is 0 Å². The van der Waals surface area contributed by atoms with Crippen LogP contribution >= 0.6 is 0 Å². The fourth-order valence-electron chi connectivity index (χ4n) is 2.25. The smallest absolute Gasteiger partial charge is 0.240 e. The number of rotatable bonds is 7. The maximum absolute atomic E-state index is 12.3. The molecule has 0 radical (unpaired) electrons. The Bertz CT molecular complexity index is 569. The highest BCUT2D eigenvalue weighted by Gasteiger charge is 2.33. The number of aryl methyl sites for hydroxylation is 1. The molecular formula is C15H24N2O2S. The minimum absolute atomic E-state index is 0.365. The van der Waals surface area contributed by atoms with Crippen molar-refractivity contribution in [3.05, 3.63) is 29.3 Å². The maximum Gasteiger partial charge on any atom is 0.240 e. The molecule has 0 aromatic heterocycles. The van der Waals surface area contributed by atoms with Crippen LogP contribution in [0.25, 0.3) is 0 Å². The molecule has 1 saturated carbocycles. The highest BCUT2D eigenvalue weighted by atomic mass is 32.2. The summed E-state index contributed by atoms with van der Waals surface area (Å²) in [5.41, 5.74) is 2.15. The van der Waals surface area contributed by atoms with Gasteiger partial charge in [0.1, 0.15) is 0 Å². The fourth-order valence-corrected chi connectivity index (χ4v) is 3.39. The monoisotopic (exact) mass is 296 g/mol. The van der Waals surface area contributed by atoms with Crippen molar-refractivity contribution >= 4 is 10.0 Å². The van der Waals surface area contributed by atoms with Gasteiger partial charge < -0.3 is 5.32 Å². The molecule has 112 valence electrons. The number of nitrogens with one attached hydrogen (secondary N) is 2. The Morgan fingerprint density at radius 1 is 1.35 bits per heavy atom. The Morgan fingerprint density at radius 2 is 2.05 bits per heavy atom. The van der Waals surface area contributed by atoms with Gasteiger partial charge in [-0.05, 0) is 55.0 Å². The first-order valence-corrected chi connectivity index (χ1v) is 8.72. The van der Waals surface area contributed by atoms with Crippen LogP contribution in [0.15, 0.2) is 23.1 Å². The van der Waals surface area contributed by atoms with Gasteiger partial charge in [0.25, 0.3) is 0 Å². The lowest BCUT2D eigenvalue weighted by atomic mass is 10.1. The third-order valence-corrected chi connectivity index (χ3v) is 5.43. The van der Waals surface area contributed by atoms with Crippen LogP contribution in [-0.2, 0) is 16.6 Å². The quantitative estimate of drug-likeness (QED) is 0.809. The predicted molar refractivity (Wildman–Crippen MR) is 81.0 cm³/mol. The molecule has 1 aliphatic carbocycles. The molecule has 2 atom stereocenters. The van der Waals surface area contributed by atoms with Crippen molar-refractivity contribution in [2.24, 2.45) is 11.8 Å². The largest absolute Gasteiger partial charge is 0.313 e. The van der Waals surface area contributed by atoms with E-state index in [1.165, 1.54) is 0 Å². The van der Waals surface area contributed by atoms with Crippen molar-refractivity contribution in [2.45, 2.75) is 38.6 Å². The molecule has 2 N–H and O–H groups in total. The molecule has 0 spiro atoms. The minimum atomic E-state index is -3.38. The van der Waals surface area contributed by atoms with E-state index in [-0.39, 0.29) is 0 Å².